The molecule has 0 unspecified atom stereocenters. The van der Waals surface area contributed by atoms with E-state index in [2.05, 4.69) is 11.8 Å². The van der Waals surface area contributed by atoms with Crippen molar-refractivity contribution >= 4 is 11.8 Å². The molecule has 4 nitrogen and oxygen atoms in total. The minimum absolute atomic E-state index is 0.0657. The summed E-state index contributed by atoms with van der Waals surface area (Å²) in [6, 6.07) is 7.43. The van der Waals surface area contributed by atoms with Gasteiger partial charge in [0.15, 0.2) is 0 Å². The Bertz CT molecular complexity index is 547. The lowest BCUT2D eigenvalue weighted by Crippen LogP contribution is -2.47. The largest absolute Gasteiger partial charge is 0.302 e. The van der Waals surface area contributed by atoms with Crippen LogP contribution in [0, 0.1) is 5.92 Å². The summed E-state index contributed by atoms with van der Waals surface area (Å²) in [7, 11) is 0. The third-order valence-electron chi connectivity index (χ3n) is 4.65. The van der Waals surface area contributed by atoms with Gasteiger partial charge in [0.25, 0.3) is 5.91 Å². The highest BCUT2D eigenvalue weighted by Gasteiger charge is 2.30. The third kappa shape index (κ3) is 3.00. The summed E-state index contributed by atoms with van der Waals surface area (Å²) in [5.41, 5.74) is 1.54. The SMILES string of the molecule is CC1CCN(CCN2C(=O)Cc3ccccc3C2=O)CC1. The Kier molecular flexibility index (Phi) is 4.06. The van der Waals surface area contributed by atoms with E-state index in [9.17, 15) is 9.59 Å². The zero-order valence-electron chi connectivity index (χ0n) is 12.5. The van der Waals surface area contributed by atoms with Crippen molar-refractivity contribution in [3.63, 3.8) is 0 Å². The molecule has 0 radical (unpaired) electrons. The first-order chi connectivity index (χ1) is 10.1. The van der Waals surface area contributed by atoms with Crippen LogP contribution >= 0.6 is 0 Å². The quantitative estimate of drug-likeness (QED) is 0.797. The smallest absolute Gasteiger partial charge is 0.260 e. The number of likely N-dealkylation sites (tertiary alicyclic amines) is 1. The van der Waals surface area contributed by atoms with E-state index in [0.29, 0.717) is 18.5 Å². The normalized spacial score (nSPS) is 20.7. The van der Waals surface area contributed by atoms with E-state index in [-0.39, 0.29) is 11.8 Å². The summed E-state index contributed by atoms with van der Waals surface area (Å²) >= 11 is 0. The zero-order chi connectivity index (χ0) is 14.8. The molecule has 2 amide bonds. The molecule has 112 valence electrons. The number of piperidine rings is 1. The van der Waals surface area contributed by atoms with Crippen LogP contribution in [0.4, 0.5) is 0 Å². The van der Waals surface area contributed by atoms with Gasteiger partial charge in [0.2, 0.25) is 5.91 Å². The van der Waals surface area contributed by atoms with Gasteiger partial charge in [-0.3, -0.25) is 14.5 Å². The summed E-state index contributed by atoms with van der Waals surface area (Å²) < 4.78 is 0. The second-order valence-corrected chi connectivity index (χ2v) is 6.21. The molecule has 0 aromatic heterocycles. The van der Waals surface area contributed by atoms with Gasteiger partial charge in [-0.25, -0.2) is 0 Å². The first-order valence-electron chi connectivity index (χ1n) is 7.80. The standard InChI is InChI=1S/C17H22N2O2/c1-13-6-8-18(9-7-13)10-11-19-16(20)12-14-4-2-3-5-15(14)17(19)21/h2-5,13H,6-12H2,1H3. The molecule has 0 aliphatic carbocycles. The monoisotopic (exact) mass is 286 g/mol. The molecule has 4 heteroatoms. The van der Waals surface area contributed by atoms with Crippen molar-refractivity contribution in [2.45, 2.75) is 26.2 Å². The number of rotatable bonds is 3. The van der Waals surface area contributed by atoms with Gasteiger partial charge in [-0.05, 0) is 43.5 Å². The Morgan fingerprint density at radius 3 is 2.57 bits per heavy atom. The van der Waals surface area contributed by atoms with Crippen LogP contribution in [0.15, 0.2) is 24.3 Å². The Morgan fingerprint density at radius 1 is 1.10 bits per heavy atom. The lowest BCUT2D eigenvalue weighted by atomic mass is 9.98. The number of imide groups is 1. The number of hydrogen-bond donors (Lipinski definition) is 0. The van der Waals surface area contributed by atoms with E-state index in [1.165, 1.54) is 17.7 Å². The van der Waals surface area contributed by atoms with Crippen molar-refractivity contribution in [1.29, 1.82) is 0 Å². The minimum atomic E-state index is -0.132. The molecule has 0 atom stereocenters. The van der Waals surface area contributed by atoms with Gasteiger partial charge < -0.3 is 4.90 Å². The summed E-state index contributed by atoms with van der Waals surface area (Å²) in [5, 5.41) is 0. The van der Waals surface area contributed by atoms with E-state index in [4.69, 9.17) is 0 Å². The van der Waals surface area contributed by atoms with Gasteiger partial charge in [0.1, 0.15) is 0 Å². The molecule has 2 aliphatic heterocycles. The fraction of sp³-hybridized carbons (Fsp3) is 0.529. The molecule has 0 saturated carbocycles. The maximum atomic E-state index is 12.4. The van der Waals surface area contributed by atoms with E-state index < -0.39 is 0 Å². The van der Waals surface area contributed by atoms with E-state index in [1.807, 2.05) is 24.3 Å². The Morgan fingerprint density at radius 2 is 1.81 bits per heavy atom. The first kappa shape index (κ1) is 14.3. The van der Waals surface area contributed by atoms with Crippen molar-refractivity contribution in [2.75, 3.05) is 26.2 Å². The van der Waals surface area contributed by atoms with Crippen molar-refractivity contribution in [3.8, 4) is 0 Å². The molecule has 2 heterocycles. The summed E-state index contributed by atoms with van der Waals surface area (Å²) in [4.78, 5) is 28.4. The van der Waals surface area contributed by atoms with E-state index >= 15 is 0 Å². The third-order valence-corrected chi connectivity index (χ3v) is 4.65. The van der Waals surface area contributed by atoms with Crippen molar-refractivity contribution in [1.82, 2.24) is 9.80 Å². The molecule has 2 aliphatic rings. The lowest BCUT2D eigenvalue weighted by Gasteiger charge is -2.33. The van der Waals surface area contributed by atoms with Gasteiger partial charge in [-0.15, -0.1) is 0 Å². The first-order valence-corrected chi connectivity index (χ1v) is 7.80. The Hall–Kier alpha value is -1.68. The topological polar surface area (TPSA) is 40.6 Å². The van der Waals surface area contributed by atoms with Crippen LogP contribution in [0.2, 0.25) is 0 Å². The van der Waals surface area contributed by atoms with Gasteiger partial charge >= 0.3 is 0 Å². The summed E-state index contributed by atoms with van der Waals surface area (Å²) in [6.45, 7) is 5.75. The Balaban J connectivity index is 1.63. The highest BCUT2D eigenvalue weighted by Crippen LogP contribution is 2.20. The van der Waals surface area contributed by atoms with Gasteiger partial charge in [0, 0.05) is 18.7 Å². The number of amides is 2. The van der Waals surface area contributed by atoms with Crippen molar-refractivity contribution < 1.29 is 9.59 Å². The number of hydrogen-bond acceptors (Lipinski definition) is 3. The Labute approximate surface area is 125 Å². The van der Waals surface area contributed by atoms with Crippen LogP contribution in [-0.4, -0.2) is 47.8 Å². The summed E-state index contributed by atoms with van der Waals surface area (Å²) in [6.07, 6.45) is 2.77. The van der Waals surface area contributed by atoms with E-state index in [0.717, 1.165) is 31.1 Å². The number of carbonyl (C=O) groups excluding carboxylic acids is 2. The average Bonchev–Trinajstić information content (AvgIpc) is 2.49. The molecular formula is C17H22N2O2. The fourth-order valence-corrected chi connectivity index (χ4v) is 3.15. The number of carbonyl (C=O) groups is 2. The molecule has 1 fully saturated rings. The molecule has 21 heavy (non-hydrogen) atoms. The van der Waals surface area contributed by atoms with Gasteiger partial charge in [-0.1, -0.05) is 25.1 Å². The van der Waals surface area contributed by atoms with Gasteiger partial charge in [0.05, 0.1) is 6.42 Å². The fourth-order valence-electron chi connectivity index (χ4n) is 3.15. The number of benzene rings is 1. The molecule has 0 bridgehead atoms. The minimum Gasteiger partial charge on any atom is -0.302 e. The van der Waals surface area contributed by atoms with Crippen LogP contribution in [0.1, 0.15) is 35.7 Å². The predicted octanol–water partition coefficient (Wildman–Crippen LogP) is 1.94. The zero-order valence-corrected chi connectivity index (χ0v) is 12.5. The molecule has 0 spiro atoms. The van der Waals surface area contributed by atoms with Crippen LogP contribution in [0.3, 0.4) is 0 Å². The highest BCUT2D eigenvalue weighted by molar-refractivity contribution is 6.09. The van der Waals surface area contributed by atoms with Crippen LogP contribution in [0.5, 0.6) is 0 Å². The van der Waals surface area contributed by atoms with Crippen LogP contribution < -0.4 is 0 Å². The predicted molar refractivity (Wildman–Crippen MR) is 81.0 cm³/mol. The molecule has 1 saturated heterocycles. The maximum absolute atomic E-state index is 12.4. The maximum Gasteiger partial charge on any atom is 0.260 e. The van der Waals surface area contributed by atoms with Crippen molar-refractivity contribution in [3.05, 3.63) is 35.4 Å². The molecule has 3 rings (SSSR count). The average molecular weight is 286 g/mol. The lowest BCUT2D eigenvalue weighted by molar-refractivity contribution is -0.128. The molecule has 0 N–H and O–H groups in total. The van der Waals surface area contributed by atoms with E-state index in [1.54, 1.807) is 0 Å². The molecule has 1 aromatic rings. The van der Waals surface area contributed by atoms with Crippen LogP contribution in [-0.2, 0) is 11.2 Å². The highest BCUT2D eigenvalue weighted by atomic mass is 16.2. The van der Waals surface area contributed by atoms with Crippen molar-refractivity contribution in [2.24, 2.45) is 5.92 Å². The second kappa shape index (κ2) is 5.98. The number of nitrogens with zero attached hydrogens (tertiary/aromatic N) is 2. The second-order valence-electron chi connectivity index (χ2n) is 6.21. The van der Waals surface area contributed by atoms with Gasteiger partial charge in [-0.2, -0.15) is 0 Å². The molecule has 1 aromatic carbocycles. The number of fused-ring (bicyclic) bond motifs is 1. The summed E-state index contributed by atoms with van der Waals surface area (Å²) in [5.74, 6) is 0.600. The molecular weight excluding hydrogens is 264 g/mol. The van der Waals surface area contributed by atoms with Crippen LogP contribution in [0.25, 0.3) is 0 Å².